The summed E-state index contributed by atoms with van der Waals surface area (Å²) in [5.41, 5.74) is 1.60. The maximum Gasteiger partial charge on any atom is 0.352 e. The normalized spacial score (nSPS) is 14.0. The highest BCUT2D eigenvalue weighted by Crippen LogP contribution is 2.39. The first kappa shape index (κ1) is 24.7. The van der Waals surface area contributed by atoms with Crippen LogP contribution in [0.25, 0.3) is 6.08 Å². The van der Waals surface area contributed by atoms with Crippen LogP contribution in [0.1, 0.15) is 34.5 Å². The molecule has 0 fully saturated rings. The second-order valence-corrected chi connectivity index (χ2v) is 7.71. The van der Waals surface area contributed by atoms with Crippen molar-refractivity contribution in [3.63, 3.8) is 0 Å². The van der Waals surface area contributed by atoms with Crippen LogP contribution in [0.4, 0.5) is 0 Å². The Hall–Kier alpha value is -4.46. The number of ketones is 1. The average molecular weight is 491 g/mol. The predicted octanol–water partition coefficient (Wildman–Crippen LogP) is 5.01. The van der Waals surface area contributed by atoms with Crippen molar-refractivity contribution >= 4 is 17.8 Å². The molecule has 0 aromatic heterocycles. The number of rotatable bonds is 9. The van der Waals surface area contributed by atoms with Crippen molar-refractivity contribution in [1.82, 2.24) is 0 Å². The number of benzene rings is 3. The summed E-state index contributed by atoms with van der Waals surface area (Å²) in [7, 11) is 4.57. The zero-order chi connectivity index (χ0) is 25.7. The van der Waals surface area contributed by atoms with Gasteiger partial charge in [-0.05, 0) is 31.2 Å². The van der Waals surface area contributed by atoms with E-state index in [2.05, 4.69) is 0 Å². The number of methoxy groups -OCH3 is 3. The molecule has 0 bridgehead atoms. The highest BCUT2D eigenvalue weighted by Gasteiger charge is 2.30. The van der Waals surface area contributed by atoms with Crippen molar-refractivity contribution in [2.24, 2.45) is 0 Å². The first-order valence-electron chi connectivity index (χ1n) is 11.3. The van der Waals surface area contributed by atoms with Gasteiger partial charge in [-0.1, -0.05) is 30.3 Å². The first-order chi connectivity index (χ1) is 17.5. The van der Waals surface area contributed by atoms with Crippen LogP contribution in [0.3, 0.4) is 0 Å². The second kappa shape index (κ2) is 10.9. The van der Waals surface area contributed by atoms with Gasteiger partial charge in [0.1, 0.15) is 17.2 Å². The third kappa shape index (κ3) is 4.98. The van der Waals surface area contributed by atoms with Crippen LogP contribution >= 0.6 is 0 Å². The minimum atomic E-state index is -0.965. The zero-order valence-electron chi connectivity index (χ0n) is 20.4. The summed E-state index contributed by atoms with van der Waals surface area (Å²) in [6, 6.07) is 17.2. The molecule has 4 rings (SSSR count). The van der Waals surface area contributed by atoms with E-state index in [1.54, 1.807) is 55.5 Å². The third-order valence-corrected chi connectivity index (χ3v) is 5.52. The van der Waals surface area contributed by atoms with Gasteiger partial charge in [-0.25, -0.2) is 4.79 Å². The second-order valence-electron chi connectivity index (χ2n) is 7.71. The SMILES string of the molecule is CCOC(=O)C(Oc1ccc2c(c1)O/C(=C\c1cc(OC)c(OC)cc1OC)C2=O)c1ccccc1. The highest BCUT2D eigenvalue weighted by molar-refractivity contribution is 6.14. The molecular formula is C28H26O8. The molecule has 3 aromatic carbocycles. The van der Waals surface area contributed by atoms with Crippen molar-refractivity contribution < 1.29 is 38.0 Å². The number of esters is 1. The molecule has 0 amide bonds. The molecule has 0 saturated carbocycles. The summed E-state index contributed by atoms with van der Waals surface area (Å²) in [6.45, 7) is 1.96. The average Bonchev–Trinajstić information content (AvgIpc) is 3.21. The minimum Gasteiger partial charge on any atom is -0.496 e. The largest absolute Gasteiger partial charge is 0.496 e. The molecule has 8 heteroatoms. The summed E-state index contributed by atoms with van der Waals surface area (Å²) in [5.74, 6) is 1.44. The molecular weight excluding hydrogens is 464 g/mol. The number of hydrogen-bond acceptors (Lipinski definition) is 8. The lowest BCUT2D eigenvalue weighted by Crippen LogP contribution is -2.21. The number of fused-ring (bicyclic) bond motifs is 1. The van der Waals surface area contributed by atoms with Gasteiger partial charge in [0.25, 0.3) is 0 Å². The van der Waals surface area contributed by atoms with E-state index in [0.29, 0.717) is 45.4 Å². The van der Waals surface area contributed by atoms with Crippen molar-refractivity contribution in [2.75, 3.05) is 27.9 Å². The molecule has 1 atom stereocenters. The molecule has 1 aliphatic heterocycles. The summed E-state index contributed by atoms with van der Waals surface area (Å²) >= 11 is 0. The summed E-state index contributed by atoms with van der Waals surface area (Å²) in [5, 5.41) is 0. The van der Waals surface area contributed by atoms with Crippen molar-refractivity contribution in [3.8, 4) is 28.7 Å². The van der Waals surface area contributed by atoms with E-state index < -0.39 is 12.1 Å². The maximum atomic E-state index is 13.0. The fraction of sp³-hybridized carbons (Fsp3) is 0.214. The Morgan fingerprint density at radius 2 is 1.61 bits per heavy atom. The van der Waals surface area contributed by atoms with E-state index in [0.717, 1.165) is 0 Å². The van der Waals surface area contributed by atoms with Gasteiger partial charge in [-0.15, -0.1) is 0 Å². The Morgan fingerprint density at radius 3 is 2.28 bits per heavy atom. The Labute approximate surface area is 209 Å². The number of ether oxygens (including phenoxy) is 6. The number of carbonyl (C=O) groups is 2. The van der Waals surface area contributed by atoms with Gasteiger partial charge in [-0.2, -0.15) is 0 Å². The lowest BCUT2D eigenvalue weighted by Gasteiger charge is -2.18. The van der Waals surface area contributed by atoms with Crippen LogP contribution in [0.2, 0.25) is 0 Å². The van der Waals surface area contributed by atoms with Crippen molar-refractivity contribution in [3.05, 3.63) is 83.1 Å². The third-order valence-electron chi connectivity index (χ3n) is 5.52. The summed E-state index contributed by atoms with van der Waals surface area (Å²) < 4.78 is 33.2. The molecule has 0 aliphatic carbocycles. The van der Waals surface area contributed by atoms with Crippen LogP contribution < -0.4 is 23.7 Å². The van der Waals surface area contributed by atoms with Gasteiger partial charge in [-0.3, -0.25) is 4.79 Å². The van der Waals surface area contributed by atoms with Crippen LogP contribution in [0, 0.1) is 0 Å². The quantitative estimate of drug-likeness (QED) is 0.305. The fourth-order valence-corrected chi connectivity index (χ4v) is 3.78. The molecule has 3 aromatic rings. The van der Waals surface area contributed by atoms with Gasteiger partial charge in [0, 0.05) is 23.3 Å². The van der Waals surface area contributed by atoms with Crippen LogP contribution in [-0.4, -0.2) is 39.7 Å². The van der Waals surface area contributed by atoms with Gasteiger partial charge in [0.2, 0.25) is 11.9 Å². The van der Waals surface area contributed by atoms with E-state index in [4.69, 9.17) is 28.4 Å². The van der Waals surface area contributed by atoms with Crippen LogP contribution in [-0.2, 0) is 9.53 Å². The zero-order valence-corrected chi connectivity index (χ0v) is 20.4. The van der Waals surface area contributed by atoms with Gasteiger partial charge < -0.3 is 28.4 Å². The minimum absolute atomic E-state index is 0.109. The van der Waals surface area contributed by atoms with Crippen molar-refractivity contribution in [1.29, 1.82) is 0 Å². The molecule has 1 unspecified atom stereocenters. The molecule has 36 heavy (non-hydrogen) atoms. The molecule has 0 radical (unpaired) electrons. The lowest BCUT2D eigenvalue weighted by atomic mass is 10.1. The Kier molecular flexibility index (Phi) is 7.44. The van der Waals surface area contributed by atoms with E-state index in [-0.39, 0.29) is 18.1 Å². The first-order valence-corrected chi connectivity index (χ1v) is 11.3. The lowest BCUT2D eigenvalue weighted by molar-refractivity contribution is -0.151. The molecule has 0 N–H and O–H groups in total. The highest BCUT2D eigenvalue weighted by atomic mass is 16.6. The summed E-state index contributed by atoms with van der Waals surface area (Å²) in [6.07, 6.45) is 0.613. The molecule has 8 nitrogen and oxygen atoms in total. The van der Waals surface area contributed by atoms with E-state index >= 15 is 0 Å². The van der Waals surface area contributed by atoms with E-state index in [1.165, 1.54) is 21.3 Å². The van der Waals surface area contributed by atoms with Crippen LogP contribution in [0.5, 0.6) is 28.7 Å². The van der Waals surface area contributed by atoms with E-state index in [9.17, 15) is 9.59 Å². The number of carbonyl (C=O) groups excluding carboxylic acids is 2. The molecule has 0 spiro atoms. The Bertz CT molecular complexity index is 1300. The maximum absolute atomic E-state index is 13.0. The Balaban J connectivity index is 1.63. The molecule has 186 valence electrons. The van der Waals surface area contributed by atoms with E-state index in [1.807, 2.05) is 18.2 Å². The summed E-state index contributed by atoms with van der Waals surface area (Å²) in [4.78, 5) is 25.6. The van der Waals surface area contributed by atoms with Gasteiger partial charge in [0.05, 0.1) is 33.5 Å². The number of hydrogen-bond donors (Lipinski definition) is 0. The van der Waals surface area contributed by atoms with Gasteiger partial charge in [0.15, 0.2) is 17.3 Å². The molecule has 1 heterocycles. The molecule has 1 aliphatic rings. The monoisotopic (exact) mass is 490 g/mol. The topological polar surface area (TPSA) is 89.5 Å². The van der Waals surface area contributed by atoms with Gasteiger partial charge >= 0.3 is 5.97 Å². The Morgan fingerprint density at radius 1 is 0.917 bits per heavy atom. The number of Topliss-reactive ketones (excluding diaryl/α,β-unsaturated/α-hetero) is 1. The standard InChI is InChI=1S/C28H26O8/c1-5-34-28(30)27(17-9-7-6-8-10-17)35-19-11-12-20-22(15-19)36-25(26(20)29)14-18-13-23(32-3)24(33-4)16-21(18)31-2/h6-16,27H,5H2,1-4H3/b25-14-. The predicted molar refractivity (Wildman–Crippen MR) is 132 cm³/mol. The fourth-order valence-electron chi connectivity index (χ4n) is 3.78. The van der Waals surface area contributed by atoms with Crippen LogP contribution in [0.15, 0.2) is 66.4 Å². The number of allylic oxidation sites excluding steroid dienone is 1. The smallest absolute Gasteiger partial charge is 0.352 e. The molecule has 0 saturated heterocycles. The van der Waals surface area contributed by atoms with Crippen molar-refractivity contribution in [2.45, 2.75) is 13.0 Å².